The summed E-state index contributed by atoms with van der Waals surface area (Å²) in [6, 6.07) is 5.00. The fourth-order valence-corrected chi connectivity index (χ4v) is 1.00. The maximum absolute atomic E-state index is 12.7. The van der Waals surface area contributed by atoms with E-state index in [-0.39, 0.29) is 18.2 Å². The molecule has 0 heterocycles. The van der Waals surface area contributed by atoms with Crippen molar-refractivity contribution in [2.75, 3.05) is 0 Å². The molecule has 11 heavy (non-hydrogen) atoms. The Morgan fingerprint density at radius 1 is 1.45 bits per heavy atom. The van der Waals surface area contributed by atoms with E-state index in [0.717, 1.165) is 5.56 Å². The third kappa shape index (κ3) is 2.92. The lowest BCUT2D eigenvalue weighted by Crippen LogP contribution is -1.96. The highest BCUT2D eigenvalue weighted by Crippen LogP contribution is 2.11. The highest BCUT2D eigenvalue weighted by atomic mass is 127. The minimum Gasteiger partial charge on any atom is -0.326 e. The molecule has 0 amide bonds. The van der Waals surface area contributed by atoms with Crippen LogP contribution in [0.2, 0.25) is 0 Å². The van der Waals surface area contributed by atoms with Crippen LogP contribution in [-0.4, -0.2) is 0 Å². The van der Waals surface area contributed by atoms with Crippen molar-refractivity contribution in [3.8, 4) is 0 Å². The van der Waals surface area contributed by atoms with Crippen molar-refractivity contribution in [1.82, 2.24) is 0 Å². The molecule has 0 aliphatic rings. The third-order valence-corrected chi connectivity index (χ3v) is 2.09. The van der Waals surface area contributed by atoms with Crippen LogP contribution < -0.4 is 5.73 Å². The molecular weight excluding hydrogens is 279 g/mol. The third-order valence-electron chi connectivity index (χ3n) is 1.22. The van der Waals surface area contributed by atoms with Crippen molar-refractivity contribution in [3.05, 3.63) is 33.1 Å². The van der Waals surface area contributed by atoms with Gasteiger partial charge in [0.2, 0.25) is 0 Å². The molecule has 4 heteroatoms. The Kier molecular flexibility index (Phi) is 4.96. The Balaban J connectivity index is 0.000001000. The van der Waals surface area contributed by atoms with Gasteiger partial charge in [0.25, 0.3) is 0 Å². The first-order chi connectivity index (χ1) is 4.74. The Morgan fingerprint density at radius 2 is 2.09 bits per heavy atom. The van der Waals surface area contributed by atoms with E-state index in [0.29, 0.717) is 10.1 Å². The van der Waals surface area contributed by atoms with Gasteiger partial charge in [-0.1, -0.05) is 6.07 Å². The van der Waals surface area contributed by atoms with Gasteiger partial charge in [-0.15, -0.1) is 12.4 Å². The average molecular weight is 288 g/mol. The molecule has 0 fully saturated rings. The average Bonchev–Trinajstić information content (AvgIpc) is 1.95. The van der Waals surface area contributed by atoms with Crippen LogP contribution in [0.1, 0.15) is 5.56 Å². The van der Waals surface area contributed by atoms with Gasteiger partial charge < -0.3 is 5.73 Å². The summed E-state index contributed by atoms with van der Waals surface area (Å²) in [5.41, 5.74) is 6.13. The summed E-state index contributed by atoms with van der Waals surface area (Å²) in [6.45, 7) is 0.397. The predicted octanol–water partition coefficient (Wildman–Crippen LogP) is 2.31. The molecule has 0 radical (unpaired) electrons. The van der Waals surface area contributed by atoms with E-state index < -0.39 is 0 Å². The van der Waals surface area contributed by atoms with E-state index in [4.69, 9.17) is 5.73 Å². The molecule has 1 aromatic rings. The molecule has 0 aliphatic heterocycles. The van der Waals surface area contributed by atoms with Crippen LogP contribution in [0.15, 0.2) is 18.2 Å². The first-order valence-corrected chi connectivity index (χ1v) is 3.96. The summed E-state index contributed by atoms with van der Waals surface area (Å²) in [6.07, 6.45) is 0. The Hall–Kier alpha value is 0.130. The molecule has 62 valence electrons. The van der Waals surface area contributed by atoms with E-state index in [1.807, 2.05) is 28.7 Å². The normalized spacial score (nSPS) is 9.00. The number of halogens is 3. The van der Waals surface area contributed by atoms with Crippen LogP contribution in [0.3, 0.4) is 0 Å². The minimum atomic E-state index is -0.191. The van der Waals surface area contributed by atoms with E-state index in [1.54, 1.807) is 6.07 Å². The molecule has 2 N–H and O–H groups in total. The maximum atomic E-state index is 12.7. The molecule has 1 rings (SSSR count). The van der Waals surface area contributed by atoms with Gasteiger partial charge in [-0.05, 0) is 40.3 Å². The predicted molar refractivity (Wildman–Crippen MR) is 54.3 cm³/mol. The second-order valence-electron chi connectivity index (χ2n) is 1.95. The van der Waals surface area contributed by atoms with Crippen molar-refractivity contribution in [2.45, 2.75) is 6.54 Å². The van der Waals surface area contributed by atoms with Crippen LogP contribution in [0, 0.1) is 9.39 Å². The molecule has 1 aromatic carbocycles. The summed E-state index contributed by atoms with van der Waals surface area (Å²) in [5.74, 6) is -0.191. The second-order valence-corrected chi connectivity index (χ2v) is 3.11. The smallest absolute Gasteiger partial charge is 0.136 e. The molecule has 1 nitrogen and oxygen atoms in total. The Morgan fingerprint density at radius 3 is 2.55 bits per heavy atom. The lowest BCUT2D eigenvalue weighted by molar-refractivity contribution is 0.618. The van der Waals surface area contributed by atoms with Crippen LogP contribution >= 0.6 is 35.0 Å². The van der Waals surface area contributed by atoms with Crippen molar-refractivity contribution in [2.24, 2.45) is 5.73 Å². The van der Waals surface area contributed by atoms with Gasteiger partial charge in [0.05, 0.1) is 0 Å². The lowest BCUT2D eigenvalue weighted by atomic mass is 10.2. The van der Waals surface area contributed by atoms with Crippen molar-refractivity contribution < 1.29 is 4.39 Å². The lowest BCUT2D eigenvalue weighted by Gasteiger charge is -1.96. The van der Waals surface area contributed by atoms with Crippen molar-refractivity contribution in [3.63, 3.8) is 0 Å². The quantitative estimate of drug-likeness (QED) is 0.788. The fourth-order valence-electron chi connectivity index (χ4n) is 0.667. The summed E-state index contributed by atoms with van der Waals surface area (Å²) >= 11 is 1.94. The number of benzene rings is 1. The van der Waals surface area contributed by atoms with Gasteiger partial charge in [-0.25, -0.2) is 4.39 Å². The zero-order valence-electron chi connectivity index (χ0n) is 5.68. The number of hydrogen-bond donors (Lipinski definition) is 1. The standard InChI is InChI=1S/C7H7FIN.ClH/c8-6-3-5(4-10)1-2-7(6)9;/h1-3H,4,10H2;1H. The molecule has 0 saturated heterocycles. The van der Waals surface area contributed by atoms with Crippen LogP contribution in [0.5, 0.6) is 0 Å². The maximum Gasteiger partial charge on any atom is 0.136 e. The van der Waals surface area contributed by atoms with Gasteiger partial charge in [0.1, 0.15) is 5.82 Å². The summed E-state index contributed by atoms with van der Waals surface area (Å²) < 4.78 is 13.3. The topological polar surface area (TPSA) is 26.0 Å². The molecule has 0 aromatic heterocycles. The van der Waals surface area contributed by atoms with Gasteiger partial charge in [-0.3, -0.25) is 0 Å². The van der Waals surface area contributed by atoms with E-state index >= 15 is 0 Å². The molecule has 0 aliphatic carbocycles. The highest BCUT2D eigenvalue weighted by molar-refractivity contribution is 14.1. The number of rotatable bonds is 1. The van der Waals surface area contributed by atoms with Gasteiger partial charge in [-0.2, -0.15) is 0 Å². The monoisotopic (exact) mass is 287 g/mol. The van der Waals surface area contributed by atoms with E-state index in [2.05, 4.69) is 0 Å². The van der Waals surface area contributed by atoms with Crippen LogP contribution in [-0.2, 0) is 6.54 Å². The first kappa shape index (κ1) is 11.1. The fraction of sp³-hybridized carbons (Fsp3) is 0.143. The summed E-state index contributed by atoms with van der Waals surface area (Å²) in [4.78, 5) is 0. The van der Waals surface area contributed by atoms with Crippen LogP contribution in [0.25, 0.3) is 0 Å². The van der Waals surface area contributed by atoms with Gasteiger partial charge >= 0.3 is 0 Å². The first-order valence-electron chi connectivity index (χ1n) is 2.88. The minimum absolute atomic E-state index is 0. The molecule has 0 bridgehead atoms. The molecule has 0 spiro atoms. The molecule has 0 saturated carbocycles. The second kappa shape index (κ2) is 4.90. The Bertz CT molecular complexity index is 242. The van der Waals surface area contributed by atoms with Gasteiger partial charge in [0.15, 0.2) is 0 Å². The van der Waals surface area contributed by atoms with E-state index in [9.17, 15) is 4.39 Å². The number of hydrogen-bond acceptors (Lipinski definition) is 1. The molecule has 0 atom stereocenters. The largest absolute Gasteiger partial charge is 0.326 e. The van der Waals surface area contributed by atoms with Crippen molar-refractivity contribution in [1.29, 1.82) is 0 Å². The number of nitrogens with two attached hydrogens (primary N) is 1. The van der Waals surface area contributed by atoms with Crippen LogP contribution in [0.4, 0.5) is 4.39 Å². The summed E-state index contributed by atoms with van der Waals surface area (Å²) in [7, 11) is 0. The van der Waals surface area contributed by atoms with E-state index in [1.165, 1.54) is 6.07 Å². The zero-order chi connectivity index (χ0) is 7.56. The SMILES string of the molecule is Cl.NCc1ccc(I)c(F)c1. The molecular formula is C7H8ClFIN. The molecule has 0 unspecified atom stereocenters. The summed E-state index contributed by atoms with van der Waals surface area (Å²) in [5, 5.41) is 0. The van der Waals surface area contributed by atoms with Gasteiger partial charge in [0, 0.05) is 10.1 Å². The Labute approximate surface area is 84.7 Å². The van der Waals surface area contributed by atoms with Crippen molar-refractivity contribution >= 4 is 35.0 Å². The zero-order valence-corrected chi connectivity index (χ0v) is 8.65. The highest BCUT2D eigenvalue weighted by Gasteiger charge is 1.97.